The van der Waals surface area contributed by atoms with E-state index >= 15 is 0 Å². The molecule has 21 heavy (non-hydrogen) atoms. The summed E-state index contributed by atoms with van der Waals surface area (Å²) in [7, 11) is 2.13. The van der Waals surface area contributed by atoms with Crippen molar-refractivity contribution < 1.29 is 4.42 Å². The molecule has 0 radical (unpaired) electrons. The van der Waals surface area contributed by atoms with Gasteiger partial charge in [-0.15, -0.1) is 0 Å². The third-order valence-corrected chi connectivity index (χ3v) is 3.56. The second-order valence-corrected chi connectivity index (χ2v) is 5.44. The van der Waals surface area contributed by atoms with Crippen LogP contribution in [0.5, 0.6) is 0 Å². The van der Waals surface area contributed by atoms with Crippen LogP contribution in [-0.2, 0) is 19.5 Å². The van der Waals surface area contributed by atoms with E-state index in [4.69, 9.17) is 4.42 Å². The summed E-state index contributed by atoms with van der Waals surface area (Å²) < 4.78 is 5.93. The number of pyridine rings is 1. The van der Waals surface area contributed by atoms with Gasteiger partial charge in [-0.3, -0.25) is 9.88 Å². The van der Waals surface area contributed by atoms with E-state index < -0.39 is 0 Å². The van der Waals surface area contributed by atoms with Gasteiger partial charge in [-0.1, -0.05) is 6.92 Å². The van der Waals surface area contributed by atoms with Gasteiger partial charge in [-0.25, -0.2) is 0 Å². The minimum atomic E-state index is 0.809. The summed E-state index contributed by atoms with van der Waals surface area (Å²) in [5, 5.41) is 3.31. The smallest absolute Gasteiger partial charge is 0.120 e. The lowest BCUT2D eigenvalue weighted by atomic mass is 10.2. The molecule has 114 valence electrons. The molecule has 0 saturated heterocycles. The van der Waals surface area contributed by atoms with Gasteiger partial charge in [-0.2, -0.15) is 0 Å². The normalized spacial score (nSPS) is 11.2. The van der Waals surface area contributed by atoms with Crippen LogP contribution in [0.1, 0.15) is 29.6 Å². The Hall–Kier alpha value is -1.65. The molecule has 0 unspecified atom stereocenters. The van der Waals surface area contributed by atoms with Crippen molar-refractivity contribution in [3.63, 3.8) is 0 Å². The van der Waals surface area contributed by atoms with Gasteiger partial charge in [0.05, 0.1) is 13.1 Å². The number of nitrogens with zero attached hydrogens (tertiary/aromatic N) is 2. The van der Waals surface area contributed by atoms with Crippen LogP contribution in [-0.4, -0.2) is 30.0 Å². The highest BCUT2D eigenvalue weighted by Gasteiger charge is 2.09. The maximum Gasteiger partial charge on any atom is 0.120 e. The van der Waals surface area contributed by atoms with Crippen molar-refractivity contribution in [2.45, 2.75) is 33.4 Å². The van der Waals surface area contributed by atoms with Gasteiger partial charge < -0.3 is 9.73 Å². The number of aromatic nitrogens is 1. The molecular weight excluding hydrogens is 262 g/mol. The molecular formula is C17H25N3O. The van der Waals surface area contributed by atoms with Crippen LogP contribution < -0.4 is 5.32 Å². The Morgan fingerprint density at radius 3 is 2.76 bits per heavy atom. The molecule has 2 rings (SSSR count). The van der Waals surface area contributed by atoms with E-state index in [-0.39, 0.29) is 0 Å². The first-order valence-corrected chi connectivity index (χ1v) is 7.55. The van der Waals surface area contributed by atoms with Crippen LogP contribution >= 0.6 is 0 Å². The van der Waals surface area contributed by atoms with Gasteiger partial charge in [0.25, 0.3) is 0 Å². The zero-order valence-corrected chi connectivity index (χ0v) is 13.2. The fourth-order valence-corrected chi connectivity index (χ4v) is 2.30. The molecule has 0 aliphatic rings. The molecule has 2 heterocycles. The molecule has 0 amide bonds. The zero-order chi connectivity index (χ0) is 15.1. The molecule has 1 N–H and O–H groups in total. The Bertz CT molecular complexity index is 536. The topological polar surface area (TPSA) is 41.3 Å². The van der Waals surface area contributed by atoms with Crippen molar-refractivity contribution in [3.8, 4) is 0 Å². The van der Waals surface area contributed by atoms with Crippen LogP contribution in [0.3, 0.4) is 0 Å². The third-order valence-electron chi connectivity index (χ3n) is 3.56. The second kappa shape index (κ2) is 7.96. The molecule has 2 aromatic rings. The van der Waals surface area contributed by atoms with Crippen molar-refractivity contribution in [2.75, 3.05) is 20.1 Å². The fourth-order valence-electron chi connectivity index (χ4n) is 2.30. The summed E-state index contributed by atoms with van der Waals surface area (Å²) in [6.07, 6.45) is 4.72. The first kappa shape index (κ1) is 15.7. The van der Waals surface area contributed by atoms with E-state index in [1.54, 1.807) is 0 Å². The molecule has 0 bridgehead atoms. The highest BCUT2D eigenvalue weighted by Crippen LogP contribution is 2.16. The minimum Gasteiger partial charge on any atom is -0.463 e. The van der Waals surface area contributed by atoms with E-state index in [9.17, 15) is 0 Å². The van der Waals surface area contributed by atoms with Crippen molar-refractivity contribution in [3.05, 3.63) is 53.2 Å². The fraction of sp³-hybridized carbons (Fsp3) is 0.471. The average molecular weight is 287 g/mol. The number of furan rings is 1. The van der Waals surface area contributed by atoms with Crippen LogP contribution in [0.4, 0.5) is 0 Å². The highest BCUT2D eigenvalue weighted by molar-refractivity contribution is 5.20. The maximum absolute atomic E-state index is 5.93. The predicted molar refractivity (Wildman–Crippen MR) is 85.1 cm³/mol. The van der Waals surface area contributed by atoms with Gasteiger partial charge in [0.1, 0.15) is 11.5 Å². The monoisotopic (exact) mass is 287 g/mol. The number of hydrogen-bond acceptors (Lipinski definition) is 4. The summed E-state index contributed by atoms with van der Waals surface area (Å²) in [4.78, 5) is 6.33. The molecule has 0 atom stereocenters. The van der Waals surface area contributed by atoms with Crippen LogP contribution in [0.2, 0.25) is 0 Å². The van der Waals surface area contributed by atoms with Gasteiger partial charge in [0.2, 0.25) is 0 Å². The van der Waals surface area contributed by atoms with E-state index in [0.29, 0.717) is 0 Å². The van der Waals surface area contributed by atoms with Crippen LogP contribution in [0.25, 0.3) is 0 Å². The quantitative estimate of drug-likeness (QED) is 0.810. The highest BCUT2D eigenvalue weighted by atomic mass is 16.3. The van der Waals surface area contributed by atoms with Gasteiger partial charge in [0.15, 0.2) is 0 Å². The Kier molecular flexibility index (Phi) is 5.96. The van der Waals surface area contributed by atoms with E-state index in [2.05, 4.69) is 54.3 Å². The van der Waals surface area contributed by atoms with Crippen LogP contribution in [0, 0.1) is 6.92 Å². The van der Waals surface area contributed by atoms with Crippen molar-refractivity contribution in [1.29, 1.82) is 0 Å². The summed E-state index contributed by atoms with van der Waals surface area (Å²) in [6.45, 7) is 7.83. The lowest BCUT2D eigenvalue weighted by Gasteiger charge is -2.14. The standard InChI is InChI=1S/C17H25N3O/c1-4-18-12-17-14(2)11-16(21-17)13-20(3)10-7-15-5-8-19-9-6-15/h5-6,8-9,11,18H,4,7,10,12-13H2,1-3H3. The first-order valence-electron chi connectivity index (χ1n) is 7.55. The van der Waals surface area contributed by atoms with Gasteiger partial charge in [-0.05, 0) is 56.3 Å². The maximum atomic E-state index is 5.93. The average Bonchev–Trinajstić information content (AvgIpc) is 2.84. The van der Waals surface area contributed by atoms with Crippen molar-refractivity contribution >= 4 is 0 Å². The second-order valence-electron chi connectivity index (χ2n) is 5.44. The van der Waals surface area contributed by atoms with E-state index in [0.717, 1.165) is 44.1 Å². The third kappa shape index (κ3) is 4.99. The summed E-state index contributed by atoms with van der Waals surface area (Å²) in [6, 6.07) is 6.29. The number of rotatable bonds is 8. The lowest BCUT2D eigenvalue weighted by molar-refractivity contribution is 0.292. The SMILES string of the molecule is CCNCc1oc(CN(C)CCc2ccncc2)cc1C. The van der Waals surface area contributed by atoms with Crippen molar-refractivity contribution in [2.24, 2.45) is 0 Å². The van der Waals surface area contributed by atoms with Crippen LogP contribution in [0.15, 0.2) is 35.0 Å². The summed E-state index contributed by atoms with van der Waals surface area (Å²) >= 11 is 0. The number of hydrogen-bond donors (Lipinski definition) is 1. The Morgan fingerprint density at radius 1 is 1.29 bits per heavy atom. The zero-order valence-electron chi connectivity index (χ0n) is 13.2. The van der Waals surface area contributed by atoms with Crippen molar-refractivity contribution in [1.82, 2.24) is 15.2 Å². The Balaban J connectivity index is 1.83. The summed E-state index contributed by atoms with van der Waals surface area (Å²) in [5.74, 6) is 2.09. The predicted octanol–water partition coefficient (Wildman–Crippen LogP) is 2.77. The Morgan fingerprint density at radius 2 is 2.05 bits per heavy atom. The molecule has 2 aromatic heterocycles. The lowest BCUT2D eigenvalue weighted by Crippen LogP contribution is -2.20. The molecule has 4 nitrogen and oxygen atoms in total. The minimum absolute atomic E-state index is 0.809. The number of aryl methyl sites for hydroxylation is 1. The number of likely N-dealkylation sites (N-methyl/N-ethyl adjacent to an activating group) is 1. The molecule has 4 heteroatoms. The molecule has 0 aliphatic heterocycles. The summed E-state index contributed by atoms with van der Waals surface area (Å²) in [5.41, 5.74) is 2.55. The number of nitrogens with one attached hydrogen (secondary N) is 1. The largest absolute Gasteiger partial charge is 0.463 e. The Labute approximate surface area is 127 Å². The molecule has 0 saturated carbocycles. The molecule has 0 fully saturated rings. The first-order chi connectivity index (χ1) is 10.2. The molecule has 0 spiro atoms. The molecule has 0 aromatic carbocycles. The van der Waals surface area contributed by atoms with E-state index in [1.807, 2.05) is 12.4 Å². The van der Waals surface area contributed by atoms with Gasteiger partial charge >= 0.3 is 0 Å². The van der Waals surface area contributed by atoms with Gasteiger partial charge in [0, 0.05) is 18.9 Å². The molecule has 0 aliphatic carbocycles. The van der Waals surface area contributed by atoms with E-state index in [1.165, 1.54) is 11.1 Å².